The van der Waals surface area contributed by atoms with Crippen molar-refractivity contribution in [2.45, 2.75) is 26.7 Å². The van der Waals surface area contributed by atoms with Crippen LogP contribution in [0.2, 0.25) is 0 Å². The summed E-state index contributed by atoms with van der Waals surface area (Å²) in [4.78, 5) is 11.0. The number of rotatable bonds is 6. The molecule has 0 saturated carbocycles. The molecule has 0 bridgehead atoms. The predicted molar refractivity (Wildman–Crippen MR) is 71.9 cm³/mol. The second-order valence-electron chi connectivity index (χ2n) is 4.63. The first-order valence-electron chi connectivity index (χ1n) is 5.94. The average molecular weight is 235 g/mol. The molecule has 1 aromatic carbocycles. The molecular formula is C13H21N3O. The van der Waals surface area contributed by atoms with Gasteiger partial charge in [-0.25, -0.2) is 0 Å². The molecule has 0 heterocycles. The lowest BCUT2D eigenvalue weighted by atomic mass is 10.1. The number of nitrogens with one attached hydrogen (secondary N) is 1. The highest BCUT2D eigenvalue weighted by Gasteiger charge is 2.04. The van der Waals surface area contributed by atoms with E-state index >= 15 is 0 Å². The van der Waals surface area contributed by atoms with Crippen molar-refractivity contribution in [3.8, 4) is 0 Å². The maximum Gasteiger partial charge on any atom is 0.248 e. The Labute approximate surface area is 102 Å². The molecule has 4 nitrogen and oxygen atoms in total. The predicted octanol–water partition coefficient (Wildman–Crippen LogP) is 2.22. The van der Waals surface area contributed by atoms with E-state index in [0.29, 0.717) is 17.2 Å². The number of benzene rings is 1. The topological polar surface area (TPSA) is 81.1 Å². The summed E-state index contributed by atoms with van der Waals surface area (Å²) in [7, 11) is 0. The lowest BCUT2D eigenvalue weighted by Gasteiger charge is -2.11. The fraction of sp³-hybridized carbons (Fsp3) is 0.462. The normalized spacial score (nSPS) is 10.5. The molecule has 0 saturated heterocycles. The summed E-state index contributed by atoms with van der Waals surface area (Å²) >= 11 is 0. The average Bonchev–Trinajstić information content (AvgIpc) is 2.25. The van der Waals surface area contributed by atoms with Crippen molar-refractivity contribution in [2.75, 3.05) is 17.6 Å². The third-order valence-electron chi connectivity index (χ3n) is 2.61. The van der Waals surface area contributed by atoms with Gasteiger partial charge in [-0.2, -0.15) is 0 Å². The Morgan fingerprint density at radius 2 is 2.12 bits per heavy atom. The third kappa shape index (κ3) is 4.34. The van der Waals surface area contributed by atoms with Crippen molar-refractivity contribution in [1.29, 1.82) is 0 Å². The van der Waals surface area contributed by atoms with E-state index in [1.165, 1.54) is 6.42 Å². The lowest BCUT2D eigenvalue weighted by Crippen LogP contribution is -2.12. The Morgan fingerprint density at radius 3 is 2.71 bits per heavy atom. The quantitative estimate of drug-likeness (QED) is 0.522. The summed E-state index contributed by atoms with van der Waals surface area (Å²) in [6.45, 7) is 5.24. The summed E-state index contributed by atoms with van der Waals surface area (Å²) in [6, 6.07) is 5.04. The van der Waals surface area contributed by atoms with E-state index in [2.05, 4.69) is 19.2 Å². The SMILES string of the molecule is CC(C)CCCNc1cc(C(N)=O)ccc1N. The highest BCUT2D eigenvalue weighted by molar-refractivity contribution is 5.94. The summed E-state index contributed by atoms with van der Waals surface area (Å²) < 4.78 is 0. The van der Waals surface area contributed by atoms with Crippen LogP contribution in [-0.4, -0.2) is 12.5 Å². The molecule has 4 heteroatoms. The van der Waals surface area contributed by atoms with E-state index in [1.54, 1.807) is 18.2 Å². The Hall–Kier alpha value is -1.71. The van der Waals surface area contributed by atoms with Crippen LogP contribution in [0.4, 0.5) is 11.4 Å². The van der Waals surface area contributed by atoms with Crippen LogP contribution in [-0.2, 0) is 0 Å². The van der Waals surface area contributed by atoms with Crippen LogP contribution >= 0.6 is 0 Å². The van der Waals surface area contributed by atoms with Gasteiger partial charge < -0.3 is 16.8 Å². The molecule has 17 heavy (non-hydrogen) atoms. The molecule has 0 aliphatic carbocycles. The molecule has 0 aromatic heterocycles. The largest absolute Gasteiger partial charge is 0.397 e. The van der Waals surface area contributed by atoms with Gasteiger partial charge in [0.25, 0.3) is 0 Å². The van der Waals surface area contributed by atoms with E-state index < -0.39 is 5.91 Å². The fourth-order valence-electron chi connectivity index (χ4n) is 1.60. The summed E-state index contributed by atoms with van der Waals surface area (Å²) in [6.07, 6.45) is 2.25. The van der Waals surface area contributed by atoms with Gasteiger partial charge in [0.1, 0.15) is 0 Å². The Kier molecular flexibility index (Phi) is 4.82. The Morgan fingerprint density at radius 1 is 1.41 bits per heavy atom. The number of nitrogen functional groups attached to an aromatic ring is 1. The first-order chi connectivity index (χ1) is 8.00. The minimum atomic E-state index is -0.435. The van der Waals surface area contributed by atoms with Crippen LogP contribution in [0.5, 0.6) is 0 Å². The number of amides is 1. The summed E-state index contributed by atoms with van der Waals surface area (Å²) in [5.41, 5.74) is 12.9. The number of hydrogen-bond donors (Lipinski definition) is 3. The van der Waals surface area contributed by atoms with Gasteiger partial charge in [0.2, 0.25) is 5.91 Å². The number of hydrogen-bond acceptors (Lipinski definition) is 3. The number of carbonyl (C=O) groups excluding carboxylic acids is 1. The molecule has 0 atom stereocenters. The van der Waals surface area contributed by atoms with Crippen molar-refractivity contribution in [2.24, 2.45) is 11.7 Å². The van der Waals surface area contributed by atoms with Crippen LogP contribution in [0.1, 0.15) is 37.0 Å². The van der Waals surface area contributed by atoms with Gasteiger partial charge in [-0.3, -0.25) is 4.79 Å². The number of carbonyl (C=O) groups is 1. The minimum absolute atomic E-state index is 0.435. The second-order valence-corrected chi connectivity index (χ2v) is 4.63. The molecule has 1 aromatic rings. The van der Waals surface area contributed by atoms with Crippen molar-refractivity contribution >= 4 is 17.3 Å². The van der Waals surface area contributed by atoms with Crippen molar-refractivity contribution in [3.05, 3.63) is 23.8 Å². The van der Waals surface area contributed by atoms with E-state index in [-0.39, 0.29) is 0 Å². The van der Waals surface area contributed by atoms with Gasteiger partial charge in [0, 0.05) is 12.1 Å². The van der Waals surface area contributed by atoms with E-state index in [0.717, 1.165) is 18.7 Å². The van der Waals surface area contributed by atoms with Gasteiger partial charge in [-0.15, -0.1) is 0 Å². The smallest absolute Gasteiger partial charge is 0.248 e. The van der Waals surface area contributed by atoms with Gasteiger partial charge >= 0.3 is 0 Å². The molecule has 0 aliphatic rings. The fourth-order valence-corrected chi connectivity index (χ4v) is 1.60. The zero-order valence-electron chi connectivity index (χ0n) is 10.5. The molecular weight excluding hydrogens is 214 g/mol. The summed E-state index contributed by atoms with van der Waals surface area (Å²) in [5, 5.41) is 3.23. The summed E-state index contributed by atoms with van der Waals surface area (Å²) in [5.74, 6) is 0.265. The maximum atomic E-state index is 11.0. The van der Waals surface area contributed by atoms with Gasteiger partial charge in [-0.05, 0) is 37.0 Å². The van der Waals surface area contributed by atoms with E-state index in [4.69, 9.17) is 11.5 Å². The van der Waals surface area contributed by atoms with Crippen LogP contribution < -0.4 is 16.8 Å². The monoisotopic (exact) mass is 235 g/mol. The molecule has 0 aliphatic heterocycles. The van der Waals surface area contributed by atoms with Gasteiger partial charge in [0.05, 0.1) is 11.4 Å². The van der Waals surface area contributed by atoms with Gasteiger partial charge in [0.15, 0.2) is 0 Å². The molecule has 0 radical (unpaired) electrons. The molecule has 5 N–H and O–H groups in total. The van der Waals surface area contributed by atoms with Crippen molar-refractivity contribution < 1.29 is 4.79 Å². The van der Waals surface area contributed by atoms with Crippen molar-refractivity contribution in [3.63, 3.8) is 0 Å². The number of anilines is 2. The molecule has 0 unspecified atom stereocenters. The zero-order chi connectivity index (χ0) is 12.8. The molecule has 1 rings (SSSR count). The second kappa shape index (κ2) is 6.13. The first kappa shape index (κ1) is 13.4. The van der Waals surface area contributed by atoms with E-state index in [9.17, 15) is 4.79 Å². The van der Waals surface area contributed by atoms with Gasteiger partial charge in [-0.1, -0.05) is 13.8 Å². The molecule has 1 amide bonds. The molecule has 0 fully saturated rings. The Balaban J connectivity index is 2.57. The van der Waals surface area contributed by atoms with Crippen molar-refractivity contribution in [1.82, 2.24) is 0 Å². The lowest BCUT2D eigenvalue weighted by molar-refractivity contribution is 0.100. The first-order valence-corrected chi connectivity index (χ1v) is 5.94. The van der Waals surface area contributed by atoms with Crippen LogP contribution in [0.25, 0.3) is 0 Å². The highest BCUT2D eigenvalue weighted by Crippen LogP contribution is 2.20. The standard InChI is InChI=1S/C13H21N3O/c1-9(2)4-3-7-16-12-8-10(13(15)17)5-6-11(12)14/h5-6,8-9,16H,3-4,7,14H2,1-2H3,(H2,15,17). The zero-order valence-corrected chi connectivity index (χ0v) is 10.5. The van der Waals surface area contributed by atoms with E-state index in [1.807, 2.05) is 0 Å². The molecule has 0 spiro atoms. The number of nitrogens with two attached hydrogens (primary N) is 2. The van der Waals surface area contributed by atoms with Crippen LogP contribution in [0.15, 0.2) is 18.2 Å². The Bertz CT molecular complexity index is 388. The highest BCUT2D eigenvalue weighted by atomic mass is 16.1. The maximum absolute atomic E-state index is 11.0. The van der Waals surface area contributed by atoms with Crippen LogP contribution in [0, 0.1) is 5.92 Å². The minimum Gasteiger partial charge on any atom is -0.397 e. The van der Waals surface area contributed by atoms with Crippen LogP contribution in [0.3, 0.4) is 0 Å². The molecule has 94 valence electrons. The number of primary amides is 1. The third-order valence-corrected chi connectivity index (χ3v) is 2.61.